The van der Waals surface area contributed by atoms with Crippen molar-refractivity contribution in [3.8, 4) is 6.07 Å². The molecular weight excluding hydrogens is 162 g/mol. The topological polar surface area (TPSA) is 40.9 Å². The van der Waals surface area contributed by atoms with Crippen LogP contribution in [0.2, 0.25) is 0 Å². The lowest BCUT2D eigenvalue weighted by molar-refractivity contribution is -0.117. The van der Waals surface area contributed by atoms with Gasteiger partial charge >= 0.3 is 0 Å². The first-order valence-electron chi connectivity index (χ1n) is 4.18. The van der Waals surface area contributed by atoms with E-state index in [1.807, 2.05) is 30.3 Å². The van der Waals surface area contributed by atoms with Gasteiger partial charge in [-0.25, -0.2) is 0 Å². The summed E-state index contributed by atoms with van der Waals surface area (Å²) in [6.45, 7) is 1.51. The quantitative estimate of drug-likeness (QED) is 0.703. The van der Waals surface area contributed by atoms with Crippen LogP contribution in [-0.2, 0) is 4.79 Å². The molecule has 1 aromatic carbocycles. The zero-order valence-corrected chi connectivity index (χ0v) is 7.53. The van der Waals surface area contributed by atoms with Gasteiger partial charge in [0.05, 0.1) is 12.0 Å². The van der Waals surface area contributed by atoms with Gasteiger partial charge in [-0.3, -0.25) is 4.79 Å². The highest BCUT2D eigenvalue weighted by molar-refractivity contribution is 5.76. The van der Waals surface area contributed by atoms with Gasteiger partial charge in [0.15, 0.2) is 0 Å². The molecule has 0 aliphatic rings. The molecule has 0 aliphatic heterocycles. The minimum Gasteiger partial charge on any atom is -0.300 e. The van der Waals surface area contributed by atoms with Gasteiger partial charge in [0.1, 0.15) is 5.78 Å². The second-order valence-corrected chi connectivity index (χ2v) is 3.00. The number of rotatable bonds is 3. The molecule has 13 heavy (non-hydrogen) atoms. The number of nitriles is 1. The van der Waals surface area contributed by atoms with Crippen molar-refractivity contribution >= 4 is 5.78 Å². The Morgan fingerprint density at radius 1 is 1.46 bits per heavy atom. The lowest BCUT2D eigenvalue weighted by Gasteiger charge is -2.05. The number of benzene rings is 1. The van der Waals surface area contributed by atoms with E-state index in [-0.39, 0.29) is 11.7 Å². The Balaban J connectivity index is 2.80. The lowest BCUT2D eigenvalue weighted by Crippen LogP contribution is -2.01. The molecule has 0 saturated heterocycles. The fraction of sp³-hybridized carbons (Fsp3) is 0.273. The molecule has 0 heterocycles. The summed E-state index contributed by atoms with van der Waals surface area (Å²) in [6, 6.07) is 11.5. The van der Waals surface area contributed by atoms with Crippen molar-refractivity contribution < 1.29 is 4.79 Å². The van der Waals surface area contributed by atoms with Crippen molar-refractivity contribution in [2.24, 2.45) is 0 Å². The molecule has 0 saturated carbocycles. The van der Waals surface area contributed by atoms with Gasteiger partial charge in [-0.2, -0.15) is 5.26 Å². The molecule has 0 fully saturated rings. The number of carbonyl (C=O) groups is 1. The van der Waals surface area contributed by atoms with E-state index in [9.17, 15) is 4.79 Å². The van der Waals surface area contributed by atoms with E-state index >= 15 is 0 Å². The molecule has 0 spiro atoms. The zero-order chi connectivity index (χ0) is 9.68. The van der Waals surface area contributed by atoms with E-state index in [1.165, 1.54) is 6.92 Å². The summed E-state index contributed by atoms with van der Waals surface area (Å²) in [5.41, 5.74) is 0.917. The van der Waals surface area contributed by atoms with Crippen LogP contribution in [-0.4, -0.2) is 5.78 Å². The third-order valence-corrected chi connectivity index (χ3v) is 1.85. The maximum atomic E-state index is 10.8. The number of hydrogen-bond acceptors (Lipinski definition) is 2. The van der Waals surface area contributed by atoms with Crippen LogP contribution < -0.4 is 0 Å². The van der Waals surface area contributed by atoms with E-state index in [4.69, 9.17) is 5.26 Å². The standard InChI is InChI=1S/C11H11NO/c1-9(13)7-11(8-12)10-5-3-2-4-6-10/h2-6,11H,7H2,1H3. The van der Waals surface area contributed by atoms with Crippen LogP contribution in [0.25, 0.3) is 0 Å². The molecule has 0 N–H and O–H groups in total. The van der Waals surface area contributed by atoms with E-state index in [2.05, 4.69) is 6.07 Å². The Morgan fingerprint density at radius 3 is 2.54 bits per heavy atom. The summed E-state index contributed by atoms with van der Waals surface area (Å²) >= 11 is 0. The van der Waals surface area contributed by atoms with Gasteiger partial charge in [0.2, 0.25) is 0 Å². The number of carbonyl (C=O) groups excluding carboxylic acids is 1. The third-order valence-electron chi connectivity index (χ3n) is 1.85. The highest BCUT2D eigenvalue weighted by Gasteiger charge is 2.11. The first kappa shape index (κ1) is 9.47. The average Bonchev–Trinajstić information content (AvgIpc) is 2.15. The van der Waals surface area contributed by atoms with Crippen molar-refractivity contribution in [1.29, 1.82) is 5.26 Å². The number of hydrogen-bond donors (Lipinski definition) is 0. The van der Waals surface area contributed by atoms with Crippen molar-refractivity contribution in [2.75, 3.05) is 0 Å². The van der Waals surface area contributed by atoms with Gasteiger partial charge in [-0.15, -0.1) is 0 Å². The summed E-state index contributed by atoms with van der Waals surface area (Å²) in [5, 5.41) is 8.83. The third kappa shape index (κ3) is 2.72. The van der Waals surface area contributed by atoms with Crippen LogP contribution in [0.3, 0.4) is 0 Å². The first-order chi connectivity index (χ1) is 6.24. The Labute approximate surface area is 77.8 Å². The molecule has 0 radical (unpaired) electrons. The predicted molar refractivity (Wildman–Crippen MR) is 50.1 cm³/mol. The van der Waals surface area contributed by atoms with E-state index in [0.717, 1.165) is 5.56 Å². The predicted octanol–water partition coefficient (Wildman–Crippen LogP) is 2.27. The van der Waals surface area contributed by atoms with E-state index in [0.29, 0.717) is 6.42 Å². The molecule has 1 aromatic rings. The Bertz CT molecular complexity index is 324. The molecule has 0 aromatic heterocycles. The van der Waals surface area contributed by atoms with Crippen LogP contribution >= 0.6 is 0 Å². The molecule has 1 atom stereocenters. The second kappa shape index (κ2) is 4.42. The number of ketones is 1. The molecule has 66 valence electrons. The number of nitrogens with zero attached hydrogens (tertiary/aromatic N) is 1. The fourth-order valence-corrected chi connectivity index (χ4v) is 1.21. The first-order valence-corrected chi connectivity index (χ1v) is 4.18. The van der Waals surface area contributed by atoms with Gasteiger partial charge in [0.25, 0.3) is 0 Å². The fourth-order valence-electron chi connectivity index (χ4n) is 1.21. The van der Waals surface area contributed by atoms with Crippen molar-refractivity contribution in [3.63, 3.8) is 0 Å². The maximum Gasteiger partial charge on any atom is 0.131 e. The molecule has 0 amide bonds. The molecule has 0 bridgehead atoms. The Kier molecular flexibility index (Phi) is 3.22. The normalized spacial score (nSPS) is 11.7. The maximum absolute atomic E-state index is 10.8. The summed E-state index contributed by atoms with van der Waals surface area (Å²) in [7, 11) is 0. The highest BCUT2D eigenvalue weighted by Crippen LogP contribution is 2.18. The molecule has 2 heteroatoms. The van der Waals surface area contributed by atoms with Crippen LogP contribution in [0, 0.1) is 11.3 Å². The molecule has 0 aliphatic carbocycles. The van der Waals surface area contributed by atoms with Crippen molar-refractivity contribution in [2.45, 2.75) is 19.3 Å². The SMILES string of the molecule is CC(=O)CC(C#N)c1ccccc1. The van der Waals surface area contributed by atoms with Crippen LogP contribution in [0.15, 0.2) is 30.3 Å². The van der Waals surface area contributed by atoms with Gasteiger partial charge in [-0.1, -0.05) is 30.3 Å². The van der Waals surface area contributed by atoms with E-state index < -0.39 is 0 Å². The summed E-state index contributed by atoms with van der Waals surface area (Å²) in [6.07, 6.45) is 0.306. The minimum absolute atomic E-state index is 0.0513. The number of Topliss-reactive ketones (excluding diaryl/α,β-unsaturated/α-hetero) is 1. The monoisotopic (exact) mass is 173 g/mol. The molecular formula is C11H11NO. The van der Waals surface area contributed by atoms with Crippen LogP contribution in [0.4, 0.5) is 0 Å². The molecule has 2 nitrogen and oxygen atoms in total. The van der Waals surface area contributed by atoms with Crippen LogP contribution in [0.5, 0.6) is 0 Å². The largest absolute Gasteiger partial charge is 0.300 e. The van der Waals surface area contributed by atoms with Crippen molar-refractivity contribution in [1.82, 2.24) is 0 Å². The van der Waals surface area contributed by atoms with Gasteiger partial charge in [0, 0.05) is 6.42 Å². The highest BCUT2D eigenvalue weighted by atomic mass is 16.1. The summed E-state index contributed by atoms with van der Waals surface area (Å²) in [4.78, 5) is 10.8. The summed E-state index contributed by atoms with van der Waals surface area (Å²) in [5.74, 6) is -0.242. The molecule has 1 unspecified atom stereocenters. The average molecular weight is 173 g/mol. The van der Waals surface area contributed by atoms with Gasteiger partial charge in [-0.05, 0) is 12.5 Å². The lowest BCUT2D eigenvalue weighted by atomic mass is 9.96. The second-order valence-electron chi connectivity index (χ2n) is 3.00. The van der Waals surface area contributed by atoms with E-state index in [1.54, 1.807) is 0 Å². The Hall–Kier alpha value is -1.62. The molecule has 1 rings (SSSR count). The van der Waals surface area contributed by atoms with Crippen LogP contribution in [0.1, 0.15) is 24.8 Å². The van der Waals surface area contributed by atoms with Crippen molar-refractivity contribution in [3.05, 3.63) is 35.9 Å². The minimum atomic E-state index is -0.293. The zero-order valence-electron chi connectivity index (χ0n) is 7.53. The summed E-state index contributed by atoms with van der Waals surface area (Å²) < 4.78 is 0. The van der Waals surface area contributed by atoms with Gasteiger partial charge < -0.3 is 0 Å². The Morgan fingerprint density at radius 2 is 2.08 bits per heavy atom. The smallest absolute Gasteiger partial charge is 0.131 e.